The average molecular weight is 410 g/mol. The van der Waals surface area contributed by atoms with Gasteiger partial charge in [-0.1, -0.05) is 5.18 Å². The molecule has 0 bridgehead atoms. The fourth-order valence-corrected chi connectivity index (χ4v) is 4.34. The maximum atomic E-state index is 13.2. The van der Waals surface area contributed by atoms with Crippen LogP contribution in [-0.4, -0.2) is 45.9 Å². The first-order chi connectivity index (χ1) is 13.5. The number of alkyl halides is 2. The van der Waals surface area contributed by atoms with Crippen LogP contribution in [0.3, 0.4) is 0 Å². The Labute approximate surface area is 164 Å². The molecule has 1 aliphatic heterocycles. The first-order valence-corrected chi connectivity index (χ1v) is 9.72. The molecule has 0 spiro atoms. The van der Waals surface area contributed by atoms with E-state index in [2.05, 4.69) is 15.3 Å². The molecule has 0 saturated carbocycles. The molecule has 0 radical (unpaired) electrons. The maximum absolute atomic E-state index is 13.2. The van der Waals surface area contributed by atoms with E-state index in [9.17, 15) is 13.7 Å². The lowest BCUT2D eigenvalue weighted by Gasteiger charge is -2.36. The van der Waals surface area contributed by atoms with E-state index in [0.717, 1.165) is 24.2 Å². The van der Waals surface area contributed by atoms with Crippen LogP contribution in [0.1, 0.15) is 41.4 Å². The number of likely N-dealkylation sites (tertiary alicyclic amines) is 1. The molecule has 11 heteroatoms. The monoisotopic (exact) mass is 410 g/mol. The smallest absolute Gasteiger partial charge is 0.281 e. The number of aryl methyl sites for hydroxylation is 1. The highest BCUT2D eigenvalue weighted by Gasteiger charge is 2.31. The predicted octanol–water partition coefficient (Wildman–Crippen LogP) is 3.28. The largest absolute Gasteiger partial charge is 0.477 e. The summed E-state index contributed by atoms with van der Waals surface area (Å²) in [5, 5.41) is 16.1. The highest BCUT2D eigenvalue weighted by Crippen LogP contribution is 2.35. The van der Waals surface area contributed by atoms with Crippen molar-refractivity contribution in [3.8, 4) is 11.9 Å². The number of piperidine rings is 1. The van der Waals surface area contributed by atoms with Gasteiger partial charge < -0.3 is 4.74 Å². The van der Waals surface area contributed by atoms with E-state index < -0.39 is 12.5 Å². The third-order valence-corrected chi connectivity index (χ3v) is 5.88. The van der Waals surface area contributed by atoms with Crippen molar-refractivity contribution in [3.05, 3.63) is 32.7 Å². The van der Waals surface area contributed by atoms with E-state index in [4.69, 9.17) is 10.00 Å². The summed E-state index contributed by atoms with van der Waals surface area (Å²) in [4.78, 5) is 17.1. The Morgan fingerprint density at radius 3 is 2.86 bits per heavy atom. The van der Waals surface area contributed by atoms with E-state index in [1.54, 1.807) is 7.05 Å². The third kappa shape index (κ3) is 4.34. The summed E-state index contributed by atoms with van der Waals surface area (Å²) >= 11 is 1.14. The zero-order valence-corrected chi connectivity index (χ0v) is 16.1. The summed E-state index contributed by atoms with van der Waals surface area (Å²) < 4.78 is 33.7. The molecule has 28 heavy (non-hydrogen) atoms. The van der Waals surface area contributed by atoms with Crippen LogP contribution in [0.15, 0.2) is 16.9 Å². The molecule has 3 rings (SSSR count). The molecule has 0 aromatic carbocycles. The minimum absolute atomic E-state index is 0.0797. The molecule has 2 aromatic heterocycles. The van der Waals surface area contributed by atoms with Gasteiger partial charge in [-0.2, -0.15) is 15.3 Å². The normalized spacial score (nSPS) is 16.8. The number of rotatable bonds is 8. The molecule has 1 saturated heterocycles. The van der Waals surface area contributed by atoms with Gasteiger partial charge in [0.25, 0.3) is 6.43 Å². The fraction of sp³-hybridized carbons (Fsp3) is 0.588. The fourth-order valence-electron chi connectivity index (χ4n) is 3.41. The zero-order valence-electron chi connectivity index (χ0n) is 15.3. The summed E-state index contributed by atoms with van der Waals surface area (Å²) in [6.07, 6.45) is 0.370. The summed E-state index contributed by atoms with van der Waals surface area (Å²) in [6, 6.07) is 1.57. The van der Waals surface area contributed by atoms with Gasteiger partial charge in [-0.15, -0.1) is 11.3 Å². The average Bonchev–Trinajstić information content (AvgIpc) is 3.31. The van der Waals surface area contributed by atoms with Crippen LogP contribution in [0, 0.1) is 22.2 Å². The number of aromatic nitrogens is 3. The minimum atomic E-state index is -2.67. The molecule has 1 unspecified atom stereocenters. The number of nitrogens with zero attached hydrogens (tertiary/aromatic N) is 6. The molecular formula is C17H20F2N6O2S. The van der Waals surface area contributed by atoms with Gasteiger partial charge in [-0.25, -0.2) is 18.4 Å². The summed E-state index contributed by atoms with van der Waals surface area (Å²) in [6.45, 7) is 1.65. The van der Waals surface area contributed by atoms with Crippen molar-refractivity contribution in [2.24, 2.45) is 18.1 Å². The Bertz CT molecular complexity index is 841. The summed E-state index contributed by atoms with van der Waals surface area (Å²) in [7, 11) is 1.71. The standard InChI is InChI=1S/C17H20F2N6O2S/c1-24-17(12(6-20)7-22-24)27-9-11-2-4-25(5-3-11)13(8-23-26)15-14(16(18)19)21-10-28-15/h7,10-11,13,16H,2-5,8-9H2,1H3. The van der Waals surface area contributed by atoms with Crippen LogP contribution in [-0.2, 0) is 7.05 Å². The summed E-state index contributed by atoms with van der Waals surface area (Å²) in [5.74, 6) is 0.706. The van der Waals surface area contributed by atoms with Crippen molar-refractivity contribution in [2.75, 3.05) is 26.2 Å². The van der Waals surface area contributed by atoms with Crippen LogP contribution in [0.4, 0.5) is 8.78 Å². The van der Waals surface area contributed by atoms with Crippen LogP contribution in [0.2, 0.25) is 0 Å². The number of hydrogen-bond acceptors (Lipinski definition) is 8. The van der Waals surface area contributed by atoms with Crippen molar-refractivity contribution >= 4 is 11.3 Å². The van der Waals surface area contributed by atoms with E-state index in [-0.39, 0.29) is 18.2 Å². The van der Waals surface area contributed by atoms with E-state index in [1.807, 2.05) is 11.0 Å². The highest BCUT2D eigenvalue weighted by molar-refractivity contribution is 7.09. The van der Waals surface area contributed by atoms with Gasteiger partial charge in [0.1, 0.15) is 23.9 Å². The van der Waals surface area contributed by atoms with Crippen molar-refractivity contribution in [3.63, 3.8) is 0 Å². The molecule has 8 nitrogen and oxygen atoms in total. The molecule has 1 aliphatic rings. The van der Waals surface area contributed by atoms with Crippen LogP contribution in [0.25, 0.3) is 0 Å². The molecule has 1 fully saturated rings. The van der Waals surface area contributed by atoms with Gasteiger partial charge in [0.2, 0.25) is 5.88 Å². The molecular weight excluding hydrogens is 390 g/mol. The van der Waals surface area contributed by atoms with Gasteiger partial charge in [0, 0.05) is 7.05 Å². The number of nitroso groups, excluding NO2 is 1. The number of nitriles is 1. The first-order valence-electron chi connectivity index (χ1n) is 8.84. The lowest BCUT2D eigenvalue weighted by molar-refractivity contribution is 0.103. The molecule has 2 aromatic rings. The SMILES string of the molecule is Cn1ncc(C#N)c1OCC1CCN(C(CN=O)c2scnc2C(F)F)CC1. The van der Waals surface area contributed by atoms with Gasteiger partial charge in [0.15, 0.2) is 0 Å². The van der Waals surface area contributed by atoms with Gasteiger partial charge in [-0.3, -0.25) is 4.90 Å². The minimum Gasteiger partial charge on any atom is -0.477 e. The van der Waals surface area contributed by atoms with Crippen molar-refractivity contribution in [2.45, 2.75) is 25.3 Å². The lowest BCUT2D eigenvalue weighted by Crippen LogP contribution is -2.39. The van der Waals surface area contributed by atoms with Gasteiger partial charge in [-0.05, 0) is 31.8 Å². The first kappa shape index (κ1) is 20.3. The highest BCUT2D eigenvalue weighted by atomic mass is 32.1. The van der Waals surface area contributed by atoms with E-state index in [1.165, 1.54) is 16.4 Å². The quantitative estimate of drug-likeness (QED) is 0.620. The Hall–Kier alpha value is -2.45. The Morgan fingerprint density at radius 1 is 1.46 bits per heavy atom. The summed E-state index contributed by atoms with van der Waals surface area (Å²) in [5.41, 5.74) is 1.52. The molecule has 0 N–H and O–H groups in total. The number of thiazole rings is 1. The second kappa shape index (κ2) is 9.16. The molecule has 0 aliphatic carbocycles. The Balaban J connectivity index is 1.60. The number of halogens is 2. The molecule has 150 valence electrons. The second-order valence-electron chi connectivity index (χ2n) is 6.62. The lowest BCUT2D eigenvalue weighted by atomic mass is 9.96. The van der Waals surface area contributed by atoms with Gasteiger partial charge in [0.05, 0.1) is 29.2 Å². The maximum Gasteiger partial charge on any atom is 0.281 e. The van der Waals surface area contributed by atoms with Crippen molar-refractivity contribution in [1.29, 1.82) is 5.26 Å². The molecule has 0 amide bonds. The van der Waals surface area contributed by atoms with Gasteiger partial charge >= 0.3 is 0 Å². The Kier molecular flexibility index (Phi) is 6.64. The molecule has 3 heterocycles. The number of ether oxygens (including phenoxy) is 1. The van der Waals surface area contributed by atoms with E-state index in [0.29, 0.717) is 36.0 Å². The second-order valence-corrected chi connectivity index (χ2v) is 7.51. The molecule has 1 atom stereocenters. The van der Waals surface area contributed by atoms with Crippen LogP contribution in [0.5, 0.6) is 5.88 Å². The van der Waals surface area contributed by atoms with Crippen molar-refractivity contribution < 1.29 is 13.5 Å². The van der Waals surface area contributed by atoms with Crippen molar-refractivity contribution in [1.82, 2.24) is 19.7 Å². The third-order valence-electron chi connectivity index (χ3n) is 4.93. The Morgan fingerprint density at radius 2 is 2.21 bits per heavy atom. The zero-order chi connectivity index (χ0) is 20.1. The topological polar surface area (TPSA) is 96.4 Å². The predicted molar refractivity (Wildman–Crippen MR) is 98.2 cm³/mol. The number of hydrogen-bond donors (Lipinski definition) is 0. The van der Waals surface area contributed by atoms with Crippen LogP contribution >= 0.6 is 11.3 Å². The van der Waals surface area contributed by atoms with E-state index >= 15 is 0 Å². The van der Waals surface area contributed by atoms with Crippen LogP contribution < -0.4 is 4.74 Å².